The lowest BCUT2D eigenvalue weighted by Gasteiger charge is -2.21. The van der Waals surface area contributed by atoms with Crippen LogP contribution < -0.4 is 10.6 Å². The summed E-state index contributed by atoms with van der Waals surface area (Å²) in [7, 11) is 0. The highest BCUT2D eigenvalue weighted by Crippen LogP contribution is 2.17. The molecule has 18 heavy (non-hydrogen) atoms. The highest BCUT2D eigenvalue weighted by atomic mass is 16.2. The lowest BCUT2D eigenvalue weighted by atomic mass is 10.1. The van der Waals surface area contributed by atoms with Crippen LogP contribution in [0, 0.1) is 18.3 Å². The van der Waals surface area contributed by atoms with Crippen molar-refractivity contribution in [3.8, 4) is 6.07 Å². The van der Waals surface area contributed by atoms with E-state index in [0.717, 1.165) is 5.56 Å². The third kappa shape index (κ3) is 4.10. The fourth-order valence-corrected chi connectivity index (χ4v) is 1.60. The van der Waals surface area contributed by atoms with Gasteiger partial charge in [0.15, 0.2) is 0 Å². The second kappa shape index (κ2) is 5.54. The number of hydrogen-bond donors (Lipinski definition) is 2. The lowest BCUT2D eigenvalue weighted by molar-refractivity contribution is -0.120. The van der Waals surface area contributed by atoms with E-state index in [1.54, 1.807) is 6.07 Å². The van der Waals surface area contributed by atoms with Crippen LogP contribution in [0.4, 0.5) is 5.69 Å². The molecule has 4 heteroatoms. The first kappa shape index (κ1) is 14.0. The van der Waals surface area contributed by atoms with Gasteiger partial charge in [-0.05, 0) is 39.3 Å². The van der Waals surface area contributed by atoms with E-state index in [0.29, 0.717) is 11.3 Å². The van der Waals surface area contributed by atoms with Crippen molar-refractivity contribution < 1.29 is 4.79 Å². The molecule has 1 rings (SSSR count). The molecule has 0 spiro atoms. The molecule has 0 bridgehead atoms. The van der Waals surface area contributed by atoms with E-state index in [9.17, 15) is 4.79 Å². The number of rotatable bonds is 3. The van der Waals surface area contributed by atoms with E-state index in [-0.39, 0.29) is 18.0 Å². The maximum Gasteiger partial charge on any atom is 0.239 e. The van der Waals surface area contributed by atoms with Gasteiger partial charge in [-0.1, -0.05) is 12.1 Å². The Labute approximate surface area is 108 Å². The minimum Gasteiger partial charge on any atom is -0.375 e. The first-order valence-electron chi connectivity index (χ1n) is 5.88. The minimum atomic E-state index is -0.247. The van der Waals surface area contributed by atoms with Crippen molar-refractivity contribution in [1.82, 2.24) is 5.32 Å². The number of nitrogens with one attached hydrogen (secondary N) is 2. The zero-order chi connectivity index (χ0) is 13.8. The number of carbonyl (C=O) groups is 1. The summed E-state index contributed by atoms with van der Waals surface area (Å²) in [6.07, 6.45) is 0. The molecule has 0 unspecified atom stereocenters. The zero-order valence-corrected chi connectivity index (χ0v) is 11.3. The molecule has 0 aliphatic carbocycles. The standard InChI is InChI=1S/C14H19N3O/c1-10-6-5-7-12(11(10)8-15)16-9-13(18)17-14(2,3)4/h5-7,16H,9H2,1-4H3,(H,17,18). The summed E-state index contributed by atoms with van der Waals surface area (Å²) in [6.45, 7) is 7.82. The van der Waals surface area contributed by atoms with Crippen molar-refractivity contribution >= 4 is 11.6 Å². The molecule has 0 atom stereocenters. The number of carbonyl (C=O) groups excluding carboxylic acids is 1. The molecular formula is C14H19N3O. The van der Waals surface area contributed by atoms with Crippen molar-refractivity contribution in [3.63, 3.8) is 0 Å². The van der Waals surface area contributed by atoms with Gasteiger partial charge in [-0.15, -0.1) is 0 Å². The maximum absolute atomic E-state index is 11.7. The number of hydrogen-bond acceptors (Lipinski definition) is 3. The van der Waals surface area contributed by atoms with Crippen LogP contribution in [0.2, 0.25) is 0 Å². The molecule has 1 amide bonds. The smallest absolute Gasteiger partial charge is 0.239 e. The van der Waals surface area contributed by atoms with Crippen molar-refractivity contribution in [1.29, 1.82) is 5.26 Å². The van der Waals surface area contributed by atoms with Crippen LogP contribution >= 0.6 is 0 Å². The Morgan fingerprint density at radius 2 is 2.06 bits per heavy atom. The third-order valence-corrected chi connectivity index (χ3v) is 2.34. The van der Waals surface area contributed by atoms with Gasteiger partial charge in [-0.3, -0.25) is 4.79 Å². The van der Waals surface area contributed by atoms with Gasteiger partial charge in [0.1, 0.15) is 6.07 Å². The first-order chi connectivity index (χ1) is 8.33. The summed E-state index contributed by atoms with van der Waals surface area (Å²) in [5.74, 6) is -0.0899. The summed E-state index contributed by atoms with van der Waals surface area (Å²) in [5.41, 5.74) is 1.94. The Hall–Kier alpha value is -2.02. The van der Waals surface area contributed by atoms with Crippen LogP contribution in [0.3, 0.4) is 0 Å². The molecule has 0 saturated carbocycles. The molecule has 96 valence electrons. The Balaban J connectivity index is 2.68. The Bertz CT molecular complexity index is 481. The maximum atomic E-state index is 11.7. The molecule has 2 N–H and O–H groups in total. The predicted molar refractivity (Wildman–Crippen MR) is 72.3 cm³/mol. The summed E-state index contributed by atoms with van der Waals surface area (Å²) < 4.78 is 0. The Kier molecular flexibility index (Phi) is 4.33. The van der Waals surface area contributed by atoms with Crippen LogP contribution in [0.5, 0.6) is 0 Å². The molecule has 4 nitrogen and oxygen atoms in total. The molecule has 1 aromatic rings. The first-order valence-corrected chi connectivity index (χ1v) is 5.88. The van der Waals surface area contributed by atoms with Gasteiger partial charge in [0.25, 0.3) is 0 Å². The fraction of sp³-hybridized carbons (Fsp3) is 0.429. The quantitative estimate of drug-likeness (QED) is 0.858. The normalized spacial score (nSPS) is 10.6. The van der Waals surface area contributed by atoms with Gasteiger partial charge in [-0.2, -0.15) is 5.26 Å². The fourth-order valence-electron chi connectivity index (χ4n) is 1.60. The number of nitrogens with zero attached hydrogens (tertiary/aromatic N) is 1. The van der Waals surface area contributed by atoms with E-state index in [1.165, 1.54) is 0 Å². The third-order valence-electron chi connectivity index (χ3n) is 2.34. The number of amides is 1. The average molecular weight is 245 g/mol. The monoisotopic (exact) mass is 245 g/mol. The SMILES string of the molecule is Cc1cccc(NCC(=O)NC(C)(C)C)c1C#N. The molecule has 1 aromatic carbocycles. The van der Waals surface area contributed by atoms with Crippen LogP contribution in [0.15, 0.2) is 18.2 Å². The summed E-state index contributed by atoms with van der Waals surface area (Å²) in [6, 6.07) is 7.68. The van der Waals surface area contributed by atoms with Crippen molar-refractivity contribution in [2.24, 2.45) is 0 Å². The Morgan fingerprint density at radius 1 is 1.39 bits per heavy atom. The van der Waals surface area contributed by atoms with Gasteiger partial charge in [-0.25, -0.2) is 0 Å². The van der Waals surface area contributed by atoms with E-state index in [4.69, 9.17) is 5.26 Å². The number of aryl methyl sites for hydroxylation is 1. The van der Waals surface area contributed by atoms with Crippen LogP contribution in [-0.4, -0.2) is 18.0 Å². The molecule has 0 saturated heterocycles. The highest BCUT2D eigenvalue weighted by molar-refractivity contribution is 5.82. The molecule has 0 fully saturated rings. The number of benzene rings is 1. The topological polar surface area (TPSA) is 64.9 Å². The summed E-state index contributed by atoms with van der Waals surface area (Å²) >= 11 is 0. The lowest BCUT2D eigenvalue weighted by Crippen LogP contribution is -2.43. The van der Waals surface area contributed by atoms with Gasteiger partial charge in [0, 0.05) is 5.54 Å². The van der Waals surface area contributed by atoms with Crippen molar-refractivity contribution in [2.75, 3.05) is 11.9 Å². The second-order valence-electron chi connectivity index (χ2n) is 5.26. The van der Waals surface area contributed by atoms with Crippen molar-refractivity contribution in [2.45, 2.75) is 33.2 Å². The van der Waals surface area contributed by atoms with Gasteiger partial charge >= 0.3 is 0 Å². The van der Waals surface area contributed by atoms with Crippen LogP contribution in [0.25, 0.3) is 0 Å². The van der Waals surface area contributed by atoms with Gasteiger partial charge < -0.3 is 10.6 Å². The molecule has 0 aromatic heterocycles. The average Bonchev–Trinajstić information content (AvgIpc) is 2.24. The van der Waals surface area contributed by atoms with Gasteiger partial charge in [0.05, 0.1) is 17.8 Å². The van der Waals surface area contributed by atoms with E-state index in [2.05, 4.69) is 16.7 Å². The largest absolute Gasteiger partial charge is 0.375 e. The minimum absolute atomic E-state index is 0.0899. The van der Waals surface area contributed by atoms with E-state index < -0.39 is 0 Å². The Morgan fingerprint density at radius 3 is 2.61 bits per heavy atom. The zero-order valence-electron chi connectivity index (χ0n) is 11.3. The van der Waals surface area contributed by atoms with Gasteiger partial charge in [0.2, 0.25) is 5.91 Å². The van der Waals surface area contributed by atoms with E-state index in [1.807, 2.05) is 39.8 Å². The van der Waals surface area contributed by atoms with Crippen LogP contribution in [0.1, 0.15) is 31.9 Å². The molecule has 0 aliphatic heterocycles. The number of anilines is 1. The van der Waals surface area contributed by atoms with Crippen molar-refractivity contribution in [3.05, 3.63) is 29.3 Å². The number of nitriles is 1. The molecular weight excluding hydrogens is 226 g/mol. The molecule has 0 aliphatic rings. The predicted octanol–water partition coefficient (Wildman–Crippen LogP) is 2.19. The summed E-state index contributed by atoms with van der Waals surface area (Å²) in [4.78, 5) is 11.7. The van der Waals surface area contributed by atoms with E-state index >= 15 is 0 Å². The second-order valence-corrected chi connectivity index (χ2v) is 5.26. The highest BCUT2D eigenvalue weighted by Gasteiger charge is 2.13. The summed E-state index contributed by atoms with van der Waals surface area (Å²) in [5, 5.41) is 14.9. The molecule has 0 heterocycles. The van der Waals surface area contributed by atoms with Crippen LogP contribution in [-0.2, 0) is 4.79 Å². The molecule has 0 radical (unpaired) electrons.